The number of aliphatic hydroxyl groups excluding tert-OH is 2. The number of amides is 5. The summed E-state index contributed by atoms with van der Waals surface area (Å²) in [6, 6.07) is -4.63. The molecule has 188 valence electrons. The van der Waals surface area contributed by atoms with Gasteiger partial charge in [0.2, 0.25) is 29.5 Å². The van der Waals surface area contributed by atoms with E-state index >= 15 is 0 Å². The Morgan fingerprint density at radius 3 is 2.39 bits per heavy atom. The predicted octanol–water partition coefficient (Wildman–Crippen LogP) is -3.69. The zero-order chi connectivity index (χ0) is 25.1. The first-order valence-electron chi connectivity index (χ1n) is 10.9. The molecule has 1 saturated heterocycles. The lowest BCUT2D eigenvalue weighted by atomic mass is 10.1. The summed E-state index contributed by atoms with van der Waals surface area (Å²) in [6.07, 6.45) is 0.0870. The van der Waals surface area contributed by atoms with Gasteiger partial charge in [-0.1, -0.05) is 0 Å². The van der Waals surface area contributed by atoms with E-state index in [0.29, 0.717) is 19.4 Å². The smallest absolute Gasteiger partial charge is 0.248 e. The molecule has 5 amide bonds. The molecule has 33 heavy (non-hydrogen) atoms. The zero-order valence-corrected chi connectivity index (χ0v) is 19.3. The van der Waals surface area contributed by atoms with Gasteiger partial charge < -0.3 is 42.1 Å². The maximum atomic E-state index is 13.0. The quantitative estimate of drug-likeness (QED) is 0.216. The summed E-state index contributed by atoms with van der Waals surface area (Å²) in [5, 5.41) is 30.2. The Bertz CT molecular complexity index is 717. The average molecular weight is 473 g/mol. The highest BCUT2D eigenvalue weighted by Gasteiger charge is 2.36. The van der Waals surface area contributed by atoms with Crippen LogP contribution in [0.25, 0.3) is 0 Å². The molecule has 0 spiro atoms. The Morgan fingerprint density at radius 2 is 1.85 bits per heavy atom. The van der Waals surface area contributed by atoms with E-state index in [1.807, 2.05) is 0 Å². The minimum Gasteiger partial charge on any atom is -0.394 e. The van der Waals surface area contributed by atoms with Crippen LogP contribution in [0.3, 0.4) is 0 Å². The SMILES string of the molecule is CN[C@H]1CCC(=O)NCCCC[C@@H](C(N)=O)NC(=O)[C@H](CO)N(C)C(=O)[C@H](C(C)O)NC1=O. The molecule has 1 fully saturated rings. The van der Waals surface area contributed by atoms with Gasteiger partial charge in [-0.3, -0.25) is 24.0 Å². The minimum atomic E-state index is -1.42. The van der Waals surface area contributed by atoms with Crippen LogP contribution in [-0.2, 0) is 24.0 Å². The van der Waals surface area contributed by atoms with Gasteiger partial charge in [0.25, 0.3) is 0 Å². The molecule has 0 bridgehead atoms. The largest absolute Gasteiger partial charge is 0.394 e. The minimum absolute atomic E-state index is 0.0542. The van der Waals surface area contributed by atoms with E-state index in [1.165, 1.54) is 21.0 Å². The highest BCUT2D eigenvalue weighted by Crippen LogP contribution is 2.08. The Balaban J connectivity index is 3.19. The number of nitrogens with two attached hydrogens (primary N) is 1. The Hall–Kier alpha value is -2.77. The molecule has 13 heteroatoms. The first-order valence-corrected chi connectivity index (χ1v) is 10.9. The third kappa shape index (κ3) is 8.59. The lowest BCUT2D eigenvalue weighted by Gasteiger charge is -2.32. The monoisotopic (exact) mass is 472 g/mol. The number of likely N-dealkylation sites (N-methyl/N-ethyl adjacent to an activating group) is 2. The summed E-state index contributed by atoms with van der Waals surface area (Å²) in [4.78, 5) is 63.1. The van der Waals surface area contributed by atoms with Crippen molar-refractivity contribution in [3.8, 4) is 0 Å². The van der Waals surface area contributed by atoms with E-state index < -0.39 is 60.5 Å². The number of nitrogens with one attached hydrogen (secondary N) is 4. The first kappa shape index (κ1) is 28.3. The molecule has 0 aromatic heterocycles. The van der Waals surface area contributed by atoms with Crippen molar-refractivity contribution in [3.63, 3.8) is 0 Å². The van der Waals surface area contributed by atoms with Crippen molar-refractivity contribution in [3.05, 3.63) is 0 Å². The van der Waals surface area contributed by atoms with Crippen molar-refractivity contribution < 1.29 is 34.2 Å². The highest BCUT2D eigenvalue weighted by molar-refractivity contribution is 5.95. The van der Waals surface area contributed by atoms with Gasteiger partial charge in [-0.05, 0) is 39.7 Å². The van der Waals surface area contributed by atoms with Crippen LogP contribution >= 0.6 is 0 Å². The van der Waals surface area contributed by atoms with Crippen LogP contribution in [0.2, 0.25) is 0 Å². The summed E-state index contributed by atoms with van der Waals surface area (Å²) in [6.45, 7) is 0.877. The fraction of sp³-hybridized carbons (Fsp3) is 0.750. The normalized spacial score (nSPS) is 28.1. The number of carbonyl (C=O) groups is 5. The molecule has 1 unspecified atom stereocenters. The van der Waals surface area contributed by atoms with Crippen LogP contribution in [0.1, 0.15) is 39.0 Å². The van der Waals surface area contributed by atoms with E-state index in [1.54, 1.807) is 0 Å². The van der Waals surface area contributed by atoms with Crippen molar-refractivity contribution in [2.24, 2.45) is 5.73 Å². The van der Waals surface area contributed by atoms with Gasteiger partial charge in [0, 0.05) is 20.0 Å². The van der Waals surface area contributed by atoms with Crippen molar-refractivity contribution >= 4 is 29.5 Å². The van der Waals surface area contributed by atoms with E-state index in [-0.39, 0.29) is 25.2 Å². The summed E-state index contributed by atoms with van der Waals surface area (Å²) in [7, 11) is 2.77. The summed E-state index contributed by atoms with van der Waals surface area (Å²) in [5.41, 5.74) is 5.37. The topological polar surface area (TPSA) is 203 Å². The number of rotatable bonds is 4. The first-order chi connectivity index (χ1) is 15.5. The third-order valence-electron chi connectivity index (χ3n) is 5.56. The lowest BCUT2D eigenvalue weighted by Crippen LogP contribution is -2.61. The van der Waals surface area contributed by atoms with Crippen LogP contribution in [0.5, 0.6) is 0 Å². The van der Waals surface area contributed by atoms with Gasteiger partial charge in [-0.25, -0.2) is 0 Å². The number of nitrogens with zero attached hydrogens (tertiary/aromatic N) is 1. The van der Waals surface area contributed by atoms with E-state index in [9.17, 15) is 34.2 Å². The molecule has 13 nitrogen and oxygen atoms in total. The Labute approximate surface area is 192 Å². The molecule has 0 aromatic rings. The molecule has 0 saturated carbocycles. The number of carbonyl (C=O) groups excluding carboxylic acids is 5. The molecule has 0 aromatic carbocycles. The second-order valence-electron chi connectivity index (χ2n) is 8.06. The Morgan fingerprint density at radius 1 is 1.18 bits per heavy atom. The van der Waals surface area contributed by atoms with Crippen molar-refractivity contribution in [1.29, 1.82) is 0 Å². The molecule has 1 aliphatic rings. The van der Waals surface area contributed by atoms with Crippen LogP contribution in [0, 0.1) is 0 Å². The van der Waals surface area contributed by atoms with E-state index in [2.05, 4.69) is 21.3 Å². The van der Waals surface area contributed by atoms with Gasteiger partial charge >= 0.3 is 0 Å². The number of hydrogen-bond donors (Lipinski definition) is 7. The maximum Gasteiger partial charge on any atom is 0.248 e. The second-order valence-corrected chi connectivity index (χ2v) is 8.06. The summed E-state index contributed by atoms with van der Waals surface area (Å²) >= 11 is 0. The van der Waals surface area contributed by atoms with E-state index in [0.717, 1.165) is 4.90 Å². The maximum absolute atomic E-state index is 13.0. The average Bonchev–Trinajstić information content (AvgIpc) is 2.75. The molecule has 1 aliphatic heterocycles. The van der Waals surface area contributed by atoms with Crippen molar-refractivity contribution in [1.82, 2.24) is 26.2 Å². The predicted molar refractivity (Wildman–Crippen MR) is 117 cm³/mol. The Kier molecular flexibility index (Phi) is 11.7. The van der Waals surface area contributed by atoms with Crippen molar-refractivity contribution in [2.45, 2.75) is 69.3 Å². The van der Waals surface area contributed by atoms with Crippen molar-refractivity contribution in [2.75, 3.05) is 27.2 Å². The molecule has 1 rings (SSSR count). The standard InChI is InChI=1S/C20H36N6O7/c1-11(28)16-20(33)26(3)14(10-27)19(32)24-12(17(21)30)6-4-5-9-23-15(29)8-7-13(22-2)18(31)25-16/h11-14,16,22,27-28H,4-10H2,1-3H3,(H2,21,30)(H,23,29)(H,24,32)(H,25,31)/t11?,12-,13-,14-,16-/m0/s1. The molecule has 5 atom stereocenters. The van der Waals surface area contributed by atoms with Gasteiger partial charge in [0.05, 0.1) is 18.8 Å². The van der Waals surface area contributed by atoms with Gasteiger partial charge in [-0.15, -0.1) is 0 Å². The van der Waals surface area contributed by atoms with Gasteiger partial charge in [-0.2, -0.15) is 0 Å². The fourth-order valence-electron chi connectivity index (χ4n) is 3.42. The van der Waals surface area contributed by atoms with Gasteiger partial charge in [0.15, 0.2) is 0 Å². The summed E-state index contributed by atoms with van der Waals surface area (Å²) in [5.74, 6) is -3.29. The van der Waals surface area contributed by atoms with Gasteiger partial charge in [0.1, 0.15) is 18.1 Å². The van der Waals surface area contributed by atoms with E-state index in [4.69, 9.17) is 5.73 Å². The molecular weight excluding hydrogens is 436 g/mol. The van der Waals surface area contributed by atoms with Crippen LogP contribution in [0.15, 0.2) is 0 Å². The number of hydrogen-bond acceptors (Lipinski definition) is 8. The van der Waals surface area contributed by atoms with Crippen LogP contribution < -0.4 is 27.0 Å². The highest BCUT2D eigenvalue weighted by atomic mass is 16.3. The van der Waals surface area contributed by atoms with Crippen LogP contribution in [0.4, 0.5) is 0 Å². The molecule has 1 heterocycles. The van der Waals surface area contributed by atoms with Crippen LogP contribution in [-0.4, -0.2) is 102 Å². The zero-order valence-electron chi connectivity index (χ0n) is 19.3. The fourth-order valence-corrected chi connectivity index (χ4v) is 3.42. The number of primary amides is 1. The molecular formula is C20H36N6O7. The summed E-state index contributed by atoms with van der Waals surface area (Å²) < 4.78 is 0. The molecule has 0 aliphatic carbocycles. The molecule has 0 radical (unpaired) electrons. The second kappa shape index (κ2) is 13.7. The number of aliphatic hydroxyl groups is 2. The lowest BCUT2D eigenvalue weighted by molar-refractivity contribution is -0.146. The molecule has 8 N–H and O–H groups in total. The third-order valence-corrected chi connectivity index (χ3v) is 5.56.